The summed E-state index contributed by atoms with van der Waals surface area (Å²) in [4.78, 5) is 12.5. The minimum atomic E-state index is -0.952. The highest BCUT2D eigenvalue weighted by molar-refractivity contribution is 7.84. The largest absolute Gasteiger partial charge is 0.348 e. The maximum atomic E-state index is 12.5. The Kier molecular flexibility index (Phi) is 5.94. The van der Waals surface area contributed by atoms with Gasteiger partial charge in [0.2, 0.25) is 5.91 Å². The van der Waals surface area contributed by atoms with Crippen molar-refractivity contribution in [1.82, 2.24) is 10.6 Å². The van der Waals surface area contributed by atoms with Gasteiger partial charge >= 0.3 is 0 Å². The first kappa shape index (κ1) is 16.2. The number of nitrogens with one attached hydrogen (secondary N) is 2. The van der Waals surface area contributed by atoms with Gasteiger partial charge in [0.05, 0.1) is 6.04 Å². The molecule has 4 nitrogen and oxygen atoms in total. The number of hydrogen-bond acceptors (Lipinski definition) is 3. The average Bonchev–Trinajstić information content (AvgIpc) is 2.47. The molecule has 1 saturated heterocycles. The molecule has 0 saturated carbocycles. The summed E-state index contributed by atoms with van der Waals surface area (Å²) < 4.78 is 11.6. The van der Waals surface area contributed by atoms with E-state index in [-0.39, 0.29) is 17.9 Å². The third-order valence-electron chi connectivity index (χ3n) is 3.91. The number of piperidine rings is 1. The molecule has 0 aromatic heterocycles. The molecule has 116 valence electrons. The lowest BCUT2D eigenvalue weighted by molar-refractivity contribution is -0.126. The second kappa shape index (κ2) is 7.71. The van der Waals surface area contributed by atoms with E-state index in [1.807, 2.05) is 30.3 Å². The maximum absolute atomic E-state index is 12.5. The Morgan fingerprint density at radius 2 is 2.14 bits per heavy atom. The van der Waals surface area contributed by atoms with Gasteiger partial charge in [-0.05, 0) is 31.9 Å². The Morgan fingerprint density at radius 3 is 2.76 bits per heavy atom. The molecule has 0 radical (unpaired) electrons. The molecule has 0 aliphatic carbocycles. The fourth-order valence-corrected chi connectivity index (χ4v) is 3.55. The molecule has 5 heteroatoms. The van der Waals surface area contributed by atoms with Crippen molar-refractivity contribution in [3.05, 3.63) is 35.9 Å². The molecule has 1 aromatic rings. The van der Waals surface area contributed by atoms with Gasteiger partial charge in [0, 0.05) is 34.8 Å². The van der Waals surface area contributed by atoms with E-state index in [0.29, 0.717) is 11.8 Å². The van der Waals surface area contributed by atoms with Crippen LogP contribution in [0.4, 0.5) is 0 Å². The van der Waals surface area contributed by atoms with Crippen LogP contribution in [0.15, 0.2) is 30.3 Å². The van der Waals surface area contributed by atoms with Crippen molar-refractivity contribution < 1.29 is 9.00 Å². The summed E-state index contributed by atoms with van der Waals surface area (Å²) in [7, 11) is -0.952. The van der Waals surface area contributed by atoms with E-state index >= 15 is 0 Å². The highest BCUT2D eigenvalue weighted by atomic mass is 32.2. The summed E-state index contributed by atoms with van der Waals surface area (Å²) in [5.41, 5.74) is 1.02. The predicted octanol–water partition coefficient (Wildman–Crippen LogP) is 1.61. The van der Waals surface area contributed by atoms with Crippen molar-refractivity contribution in [2.24, 2.45) is 5.92 Å². The number of rotatable bonds is 5. The molecule has 21 heavy (non-hydrogen) atoms. The summed E-state index contributed by atoms with van der Waals surface area (Å²) in [6.07, 6.45) is 3.41. The summed E-state index contributed by atoms with van der Waals surface area (Å²) in [5, 5.41) is 6.45. The van der Waals surface area contributed by atoms with E-state index in [0.717, 1.165) is 24.9 Å². The van der Waals surface area contributed by atoms with Crippen LogP contribution < -0.4 is 10.6 Å². The van der Waals surface area contributed by atoms with Gasteiger partial charge in [-0.1, -0.05) is 30.3 Å². The molecule has 0 spiro atoms. The summed E-state index contributed by atoms with van der Waals surface area (Å²) in [6, 6.07) is 9.99. The Morgan fingerprint density at radius 1 is 1.43 bits per heavy atom. The first-order valence-corrected chi connectivity index (χ1v) is 9.17. The number of amides is 1. The molecule has 1 aliphatic heterocycles. The Bertz CT molecular complexity index is 492. The quantitative estimate of drug-likeness (QED) is 0.869. The van der Waals surface area contributed by atoms with Gasteiger partial charge in [0.15, 0.2) is 0 Å². The number of benzene rings is 1. The predicted molar refractivity (Wildman–Crippen MR) is 86.4 cm³/mol. The molecule has 2 rings (SSSR count). The van der Waals surface area contributed by atoms with Crippen LogP contribution in [0.1, 0.15) is 31.4 Å². The lowest BCUT2D eigenvalue weighted by atomic mass is 9.92. The van der Waals surface area contributed by atoms with Crippen LogP contribution in [0.25, 0.3) is 0 Å². The third kappa shape index (κ3) is 4.93. The molecule has 4 atom stereocenters. The summed E-state index contributed by atoms with van der Waals surface area (Å²) in [6.45, 7) is 2.99. The molecule has 1 aliphatic rings. The molecule has 1 aromatic carbocycles. The SMILES string of the molecule is C[C@H]1C[C@@H](C(=O)NC(CS(C)=O)c2ccccc2)CCN1. The van der Waals surface area contributed by atoms with Crippen LogP contribution in [-0.2, 0) is 15.6 Å². The smallest absolute Gasteiger partial charge is 0.223 e. The first-order valence-electron chi connectivity index (χ1n) is 7.45. The van der Waals surface area contributed by atoms with E-state index in [1.54, 1.807) is 6.26 Å². The third-order valence-corrected chi connectivity index (χ3v) is 4.72. The van der Waals surface area contributed by atoms with Crippen LogP contribution in [0.2, 0.25) is 0 Å². The second-order valence-electron chi connectivity index (χ2n) is 5.79. The molecule has 1 amide bonds. The van der Waals surface area contributed by atoms with Gasteiger partial charge in [0.1, 0.15) is 0 Å². The van der Waals surface area contributed by atoms with Crippen molar-refractivity contribution in [1.29, 1.82) is 0 Å². The standard InChI is InChI=1S/C16H24N2O2S/c1-12-10-14(8-9-17-12)16(19)18-15(11-21(2)20)13-6-4-3-5-7-13/h3-7,12,14-15,17H,8-11H2,1-2H3,(H,18,19)/t12-,14-,15?,21?/m0/s1. The van der Waals surface area contributed by atoms with Gasteiger partial charge in [-0.25, -0.2) is 0 Å². The maximum Gasteiger partial charge on any atom is 0.223 e. The molecule has 0 bridgehead atoms. The zero-order valence-electron chi connectivity index (χ0n) is 12.7. The minimum Gasteiger partial charge on any atom is -0.348 e. The van der Waals surface area contributed by atoms with Crippen molar-refractivity contribution >= 4 is 16.7 Å². The lowest BCUT2D eigenvalue weighted by Gasteiger charge is -2.29. The van der Waals surface area contributed by atoms with Gasteiger partial charge < -0.3 is 10.6 Å². The van der Waals surface area contributed by atoms with E-state index in [1.165, 1.54) is 0 Å². The lowest BCUT2D eigenvalue weighted by Crippen LogP contribution is -2.44. The Hall–Kier alpha value is -1.20. The average molecular weight is 308 g/mol. The van der Waals surface area contributed by atoms with Gasteiger partial charge in [0.25, 0.3) is 0 Å². The van der Waals surface area contributed by atoms with E-state index < -0.39 is 10.8 Å². The Balaban J connectivity index is 2.04. The van der Waals surface area contributed by atoms with Gasteiger partial charge in [-0.15, -0.1) is 0 Å². The van der Waals surface area contributed by atoms with Crippen LogP contribution in [0.5, 0.6) is 0 Å². The zero-order chi connectivity index (χ0) is 15.2. The number of carbonyl (C=O) groups excluding carboxylic acids is 1. The fraction of sp³-hybridized carbons (Fsp3) is 0.562. The van der Waals surface area contributed by atoms with Crippen molar-refractivity contribution in [2.45, 2.75) is 31.8 Å². The van der Waals surface area contributed by atoms with Crippen LogP contribution in [0, 0.1) is 5.92 Å². The van der Waals surface area contributed by atoms with E-state index in [9.17, 15) is 9.00 Å². The zero-order valence-corrected chi connectivity index (χ0v) is 13.5. The van der Waals surface area contributed by atoms with Gasteiger partial charge in [-0.2, -0.15) is 0 Å². The molecular weight excluding hydrogens is 284 g/mol. The van der Waals surface area contributed by atoms with Crippen LogP contribution in [-0.4, -0.2) is 34.7 Å². The molecular formula is C16H24N2O2S. The molecule has 1 heterocycles. The van der Waals surface area contributed by atoms with Crippen LogP contribution in [0.3, 0.4) is 0 Å². The highest BCUT2D eigenvalue weighted by Crippen LogP contribution is 2.19. The minimum absolute atomic E-state index is 0.0535. The number of hydrogen-bond donors (Lipinski definition) is 2. The molecule has 1 fully saturated rings. The van der Waals surface area contributed by atoms with Crippen molar-refractivity contribution in [3.8, 4) is 0 Å². The fourth-order valence-electron chi connectivity index (χ4n) is 2.80. The Labute approximate surface area is 129 Å². The monoisotopic (exact) mass is 308 g/mol. The summed E-state index contributed by atoms with van der Waals surface area (Å²) >= 11 is 0. The van der Waals surface area contributed by atoms with Crippen LogP contribution >= 0.6 is 0 Å². The number of carbonyl (C=O) groups is 1. The highest BCUT2D eigenvalue weighted by Gasteiger charge is 2.27. The summed E-state index contributed by atoms with van der Waals surface area (Å²) in [5.74, 6) is 0.594. The topological polar surface area (TPSA) is 58.2 Å². The van der Waals surface area contributed by atoms with Crippen molar-refractivity contribution in [3.63, 3.8) is 0 Å². The normalized spacial score (nSPS) is 25.0. The second-order valence-corrected chi connectivity index (χ2v) is 7.27. The molecule has 2 unspecified atom stereocenters. The van der Waals surface area contributed by atoms with Gasteiger partial charge in [-0.3, -0.25) is 9.00 Å². The van der Waals surface area contributed by atoms with E-state index in [2.05, 4.69) is 17.6 Å². The van der Waals surface area contributed by atoms with Crippen molar-refractivity contribution in [2.75, 3.05) is 18.6 Å². The first-order chi connectivity index (χ1) is 10.1. The molecule has 2 N–H and O–H groups in total. The van der Waals surface area contributed by atoms with E-state index in [4.69, 9.17) is 0 Å².